The zero-order valence-corrected chi connectivity index (χ0v) is 15.7. The van der Waals surface area contributed by atoms with Crippen molar-refractivity contribution in [3.05, 3.63) is 0 Å². The van der Waals surface area contributed by atoms with Gasteiger partial charge < -0.3 is 4.74 Å². The molecule has 0 heterocycles. The minimum atomic E-state index is -1.26. The van der Waals surface area contributed by atoms with Gasteiger partial charge in [0.2, 0.25) is 0 Å². The number of halogens is 1. The summed E-state index contributed by atoms with van der Waals surface area (Å²) in [6.07, 6.45) is 6.10. The number of hydrogen-bond acceptors (Lipinski definition) is 3. The molecule has 4 saturated carbocycles. The van der Waals surface area contributed by atoms with Crippen LogP contribution in [-0.4, -0.2) is 24.0 Å². The van der Waals surface area contributed by atoms with Crippen LogP contribution in [0.4, 0.5) is 4.39 Å². The highest BCUT2D eigenvalue weighted by Gasteiger charge is 2.61. The molecule has 4 aliphatic rings. The fourth-order valence-electron chi connectivity index (χ4n) is 7.40. The number of Topliss-reactive ketones (excluding diaryl/α,β-unsaturated/α-hetero) is 1. The Kier molecular flexibility index (Phi) is 4.05. The molecule has 8 atom stereocenters. The van der Waals surface area contributed by atoms with E-state index in [1.165, 1.54) is 6.92 Å². The SMILES string of the molecule is CC(=O)O[C@@H]1CC[C@H]2[C@@H]3CC[C@@H]4CC(=O)[C@@H](F)C[C@]4(C)[C@H]3CC[C@]12C. The number of alkyl halides is 1. The van der Waals surface area contributed by atoms with Gasteiger partial charge in [-0.1, -0.05) is 13.8 Å². The number of carbonyl (C=O) groups is 2. The van der Waals surface area contributed by atoms with Crippen molar-refractivity contribution < 1.29 is 18.7 Å². The molecule has 3 nitrogen and oxygen atoms in total. The monoisotopic (exact) mass is 350 g/mol. The van der Waals surface area contributed by atoms with E-state index in [0.717, 1.165) is 38.5 Å². The lowest BCUT2D eigenvalue weighted by Crippen LogP contribution is -2.56. The molecule has 0 saturated heterocycles. The van der Waals surface area contributed by atoms with Crippen molar-refractivity contribution in [1.29, 1.82) is 0 Å². The third-order valence-corrected chi connectivity index (χ3v) is 8.70. The molecular formula is C21H31FO3. The molecule has 0 spiro atoms. The maximum atomic E-state index is 14.3. The first-order chi connectivity index (χ1) is 11.8. The van der Waals surface area contributed by atoms with Crippen LogP contribution in [0.15, 0.2) is 0 Å². The zero-order chi connectivity index (χ0) is 18.0. The number of rotatable bonds is 1. The van der Waals surface area contributed by atoms with Crippen molar-refractivity contribution >= 4 is 11.8 Å². The summed E-state index contributed by atoms with van der Waals surface area (Å²) < 4.78 is 20.0. The van der Waals surface area contributed by atoms with Gasteiger partial charge in [-0.25, -0.2) is 4.39 Å². The molecule has 4 aliphatic carbocycles. The van der Waals surface area contributed by atoms with Crippen LogP contribution in [0.5, 0.6) is 0 Å². The lowest BCUT2D eigenvalue weighted by Gasteiger charge is -2.60. The van der Waals surface area contributed by atoms with Crippen LogP contribution in [0, 0.1) is 34.5 Å². The summed E-state index contributed by atoms with van der Waals surface area (Å²) in [7, 11) is 0. The van der Waals surface area contributed by atoms with E-state index in [1.807, 2.05) is 0 Å². The van der Waals surface area contributed by atoms with Crippen molar-refractivity contribution in [2.75, 3.05) is 0 Å². The number of carbonyl (C=O) groups excluding carboxylic acids is 2. The highest BCUT2D eigenvalue weighted by molar-refractivity contribution is 5.84. The fourth-order valence-corrected chi connectivity index (χ4v) is 7.40. The second-order valence-electron chi connectivity index (χ2n) is 9.72. The smallest absolute Gasteiger partial charge is 0.302 e. The van der Waals surface area contributed by atoms with E-state index in [-0.39, 0.29) is 28.7 Å². The predicted molar refractivity (Wildman–Crippen MR) is 92.6 cm³/mol. The molecule has 4 fully saturated rings. The highest BCUT2D eigenvalue weighted by Crippen LogP contribution is 2.66. The molecule has 0 unspecified atom stereocenters. The van der Waals surface area contributed by atoms with Gasteiger partial charge in [-0.2, -0.15) is 0 Å². The van der Waals surface area contributed by atoms with Crippen LogP contribution in [0.25, 0.3) is 0 Å². The van der Waals surface area contributed by atoms with Crippen LogP contribution < -0.4 is 0 Å². The molecule has 0 aromatic rings. The van der Waals surface area contributed by atoms with Crippen LogP contribution >= 0.6 is 0 Å². The second kappa shape index (κ2) is 5.79. The summed E-state index contributed by atoms with van der Waals surface area (Å²) in [6, 6.07) is 0. The molecule has 4 heteroatoms. The first-order valence-corrected chi connectivity index (χ1v) is 10.1. The maximum absolute atomic E-state index is 14.3. The van der Waals surface area contributed by atoms with Crippen LogP contribution in [0.3, 0.4) is 0 Å². The minimum absolute atomic E-state index is 0.0307. The maximum Gasteiger partial charge on any atom is 0.302 e. The van der Waals surface area contributed by atoms with E-state index >= 15 is 0 Å². The number of ether oxygens (including phenoxy) is 1. The topological polar surface area (TPSA) is 43.4 Å². The summed E-state index contributed by atoms with van der Waals surface area (Å²) >= 11 is 0. The van der Waals surface area contributed by atoms with Gasteiger partial charge >= 0.3 is 5.97 Å². The summed E-state index contributed by atoms with van der Waals surface area (Å²) in [5.74, 6) is 1.72. The average molecular weight is 350 g/mol. The van der Waals surface area contributed by atoms with Crippen molar-refractivity contribution in [3.63, 3.8) is 0 Å². The fraction of sp³-hybridized carbons (Fsp3) is 0.905. The standard InChI is InChI=1S/C21H31FO3/c1-12(23)25-19-7-6-15-14-5-4-13-10-18(24)17(22)11-21(13,3)16(14)8-9-20(15,19)2/h13-17,19H,4-11H2,1-3H3/t13-,14+,15+,16+,17+,19-,20+,21+/m1/s1. The number of esters is 1. The molecule has 25 heavy (non-hydrogen) atoms. The largest absolute Gasteiger partial charge is 0.462 e. The number of fused-ring (bicyclic) bond motifs is 5. The Bertz CT molecular complexity index is 590. The Morgan fingerprint density at radius 3 is 2.52 bits per heavy atom. The van der Waals surface area contributed by atoms with Gasteiger partial charge in [0.25, 0.3) is 0 Å². The van der Waals surface area contributed by atoms with Gasteiger partial charge in [0.05, 0.1) is 0 Å². The Hall–Kier alpha value is -0.930. The van der Waals surface area contributed by atoms with Gasteiger partial charge in [0, 0.05) is 18.8 Å². The predicted octanol–water partition coefficient (Wildman–Crippen LogP) is 4.48. The molecule has 0 radical (unpaired) electrons. The Morgan fingerprint density at radius 2 is 1.80 bits per heavy atom. The van der Waals surface area contributed by atoms with Gasteiger partial charge in [-0.05, 0) is 74.0 Å². The first kappa shape index (κ1) is 17.5. The molecule has 0 amide bonds. The van der Waals surface area contributed by atoms with E-state index in [4.69, 9.17) is 4.74 Å². The van der Waals surface area contributed by atoms with Gasteiger partial charge in [-0.15, -0.1) is 0 Å². The zero-order valence-electron chi connectivity index (χ0n) is 15.7. The minimum Gasteiger partial charge on any atom is -0.462 e. The molecular weight excluding hydrogens is 319 g/mol. The molecule has 0 N–H and O–H groups in total. The quantitative estimate of drug-likeness (QED) is 0.655. The van der Waals surface area contributed by atoms with Crippen LogP contribution in [0.1, 0.15) is 72.1 Å². The summed E-state index contributed by atoms with van der Waals surface area (Å²) in [6.45, 7) is 6.08. The van der Waals surface area contributed by atoms with E-state index in [0.29, 0.717) is 36.5 Å². The van der Waals surface area contributed by atoms with Crippen molar-refractivity contribution in [2.45, 2.75) is 84.4 Å². The lowest BCUT2D eigenvalue weighted by molar-refractivity contribution is -0.164. The Morgan fingerprint density at radius 1 is 1.08 bits per heavy atom. The summed E-state index contributed by atoms with van der Waals surface area (Å²) in [5, 5.41) is 0. The number of hydrogen-bond donors (Lipinski definition) is 0. The van der Waals surface area contributed by atoms with E-state index in [2.05, 4.69) is 13.8 Å². The first-order valence-electron chi connectivity index (χ1n) is 10.1. The van der Waals surface area contributed by atoms with E-state index in [9.17, 15) is 14.0 Å². The molecule has 0 bridgehead atoms. The Labute approximate surface area is 150 Å². The Balaban J connectivity index is 1.59. The van der Waals surface area contributed by atoms with Crippen molar-refractivity contribution in [2.24, 2.45) is 34.5 Å². The lowest BCUT2D eigenvalue weighted by atomic mass is 9.45. The summed E-state index contributed by atoms with van der Waals surface area (Å²) in [5.41, 5.74) is 0.0483. The molecule has 140 valence electrons. The molecule has 0 aliphatic heterocycles. The van der Waals surface area contributed by atoms with Crippen molar-refractivity contribution in [3.8, 4) is 0 Å². The van der Waals surface area contributed by atoms with E-state index < -0.39 is 6.17 Å². The third-order valence-electron chi connectivity index (χ3n) is 8.70. The summed E-state index contributed by atoms with van der Waals surface area (Å²) in [4.78, 5) is 23.4. The molecule has 4 rings (SSSR count). The molecule has 0 aromatic carbocycles. The van der Waals surface area contributed by atoms with Crippen LogP contribution in [-0.2, 0) is 14.3 Å². The van der Waals surface area contributed by atoms with Crippen LogP contribution in [0.2, 0.25) is 0 Å². The van der Waals surface area contributed by atoms with Gasteiger partial charge in [-0.3, -0.25) is 9.59 Å². The highest BCUT2D eigenvalue weighted by atomic mass is 19.1. The van der Waals surface area contributed by atoms with Crippen molar-refractivity contribution in [1.82, 2.24) is 0 Å². The average Bonchev–Trinajstić information content (AvgIpc) is 2.85. The number of ketones is 1. The van der Waals surface area contributed by atoms with Gasteiger partial charge in [0.15, 0.2) is 12.0 Å². The van der Waals surface area contributed by atoms with Gasteiger partial charge in [0.1, 0.15) is 6.10 Å². The normalized spacial score (nSPS) is 52.1. The molecule has 0 aromatic heterocycles. The second-order valence-corrected chi connectivity index (χ2v) is 9.72. The van der Waals surface area contributed by atoms with E-state index in [1.54, 1.807) is 0 Å². The third kappa shape index (κ3) is 2.49.